The molecule has 4 rings (SSSR count). The maximum Gasteiger partial charge on any atom is 0.148 e. The maximum absolute atomic E-state index is 5.11. The van der Waals surface area contributed by atoms with Crippen molar-refractivity contribution in [3.05, 3.63) is 102 Å². The van der Waals surface area contributed by atoms with Gasteiger partial charge in [0.25, 0.3) is 0 Å². The first-order valence-corrected chi connectivity index (χ1v) is 8.36. The first-order valence-electron chi connectivity index (χ1n) is 8.36. The van der Waals surface area contributed by atoms with Gasteiger partial charge < -0.3 is 4.90 Å². The molecule has 118 valence electrons. The van der Waals surface area contributed by atoms with Crippen LogP contribution in [-0.4, -0.2) is 11.8 Å². The number of rotatable bonds is 3. The van der Waals surface area contributed by atoms with Gasteiger partial charge in [-0.25, -0.2) is 0 Å². The number of para-hydroxylation sites is 1. The molecule has 24 heavy (non-hydrogen) atoms. The second-order valence-corrected chi connectivity index (χ2v) is 6.08. The number of hydrogen-bond donors (Lipinski definition) is 0. The van der Waals surface area contributed by atoms with Gasteiger partial charge in [-0.3, -0.25) is 4.99 Å². The van der Waals surface area contributed by atoms with Crippen molar-refractivity contribution in [2.24, 2.45) is 4.99 Å². The van der Waals surface area contributed by atoms with Crippen molar-refractivity contribution in [2.75, 3.05) is 4.90 Å². The molecule has 3 aromatic carbocycles. The van der Waals surface area contributed by atoms with E-state index in [0.29, 0.717) is 0 Å². The molecule has 0 saturated carbocycles. The van der Waals surface area contributed by atoms with Gasteiger partial charge in [0, 0.05) is 5.69 Å². The average molecular weight is 312 g/mol. The Balaban J connectivity index is 1.81. The predicted molar refractivity (Wildman–Crippen MR) is 101 cm³/mol. The Morgan fingerprint density at radius 1 is 0.708 bits per heavy atom. The van der Waals surface area contributed by atoms with Crippen LogP contribution in [0, 0.1) is 0 Å². The summed E-state index contributed by atoms with van der Waals surface area (Å²) in [4.78, 5) is 7.51. The number of aliphatic imine (C=N–C) groups is 1. The van der Waals surface area contributed by atoms with Gasteiger partial charge in [0.05, 0.1) is 11.8 Å². The van der Waals surface area contributed by atoms with Gasteiger partial charge in [-0.2, -0.15) is 0 Å². The van der Waals surface area contributed by atoms with Crippen molar-refractivity contribution in [1.82, 2.24) is 0 Å². The molecule has 0 spiro atoms. The fourth-order valence-electron chi connectivity index (χ4n) is 3.40. The van der Waals surface area contributed by atoms with Crippen LogP contribution in [0.3, 0.4) is 0 Å². The van der Waals surface area contributed by atoms with E-state index in [2.05, 4.69) is 96.8 Å². The Labute approximate surface area is 143 Å². The SMILES string of the molecule is CC1C(c2ccccc2)=NC(c2ccccc2)N1c1ccccc1. The van der Waals surface area contributed by atoms with Crippen LogP contribution in [0.5, 0.6) is 0 Å². The summed E-state index contributed by atoms with van der Waals surface area (Å²) in [6.45, 7) is 2.24. The minimum atomic E-state index is 0.0128. The van der Waals surface area contributed by atoms with Crippen molar-refractivity contribution in [1.29, 1.82) is 0 Å². The van der Waals surface area contributed by atoms with Gasteiger partial charge in [-0.1, -0.05) is 78.9 Å². The predicted octanol–water partition coefficient (Wildman–Crippen LogP) is 5.08. The Bertz CT molecular complexity index is 826. The third-order valence-electron chi connectivity index (χ3n) is 4.56. The van der Waals surface area contributed by atoms with Crippen LogP contribution in [-0.2, 0) is 0 Å². The first kappa shape index (κ1) is 14.7. The van der Waals surface area contributed by atoms with Crippen molar-refractivity contribution in [2.45, 2.75) is 19.1 Å². The second-order valence-electron chi connectivity index (χ2n) is 6.08. The monoisotopic (exact) mass is 312 g/mol. The molecule has 0 saturated heterocycles. The average Bonchev–Trinajstić information content (AvgIpc) is 3.01. The highest BCUT2D eigenvalue weighted by Gasteiger charge is 2.34. The molecule has 1 heterocycles. The number of benzene rings is 3. The zero-order valence-corrected chi connectivity index (χ0v) is 13.7. The molecular weight excluding hydrogens is 292 g/mol. The molecule has 0 aromatic heterocycles. The maximum atomic E-state index is 5.11. The molecular formula is C22H20N2. The van der Waals surface area contributed by atoms with E-state index >= 15 is 0 Å². The summed E-state index contributed by atoms with van der Waals surface area (Å²) in [6.07, 6.45) is 0.0128. The number of anilines is 1. The van der Waals surface area contributed by atoms with Gasteiger partial charge in [0.15, 0.2) is 0 Å². The molecule has 2 unspecified atom stereocenters. The van der Waals surface area contributed by atoms with Crippen molar-refractivity contribution in [3.8, 4) is 0 Å². The lowest BCUT2D eigenvalue weighted by Gasteiger charge is -2.30. The van der Waals surface area contributed by atoms with E-state index < -0.39 is 0 Å². The van der Waals surface area contributed by atoms with E-state index in [1.54, 1.807) is 0 Å². The summed E-state index contributed by atoms with van der Waals surface area (Å²) in [5.41, 5.74) is 4.77. The Morgan fingerprint density at radius 2 is 1.25 bits per heavy atom. The number of nitrogens with zero attached hydrogens (tertiary/aromatic N) is 2. The lowest BCUT2D eigenvalue weighted by Crippen LogP contribution is -2.34. The molecule has 1 aliphatic heterocycles. The molecule has 0 N–H and O–H groups in total. The number of hydrogen-bond acceptors (Lipinski definition) is 2. The summed E-state index contributed by atoms with van der Waals surface area (Å²) in [6, 6.07) is 31.8. The quantitative estimate of drug-likeness (QED) is 0.658. The standard InChI is InChI=1S/C22H20N2/c1-17-21(18-11-5-2-6-12-18)23-22(19-13-7-3-8-14-19)24(17)20-15-9-4-10-16-20/h2-17,22H,1H3. The Kier molecular flexibility index (Phi) is 3.87. The molecule has 3 aromatic rings. The molecule has 1 aliphatic rings. The zero-order chi connectivity index (χ0) is 16.4. The smallest absolute Gasteiger partial charge is 0.148 e. The fraction of sp³-hybridized carbons (Fsp3) is 0.136. The topological polar surface area (TPSA) is 15.6 Å². The highest BCUT2D eigenvalue weighted by molar-refractivity contribution is 6.07. The van der Waals surface area contributed by atoms with Crippen LogP contribution in [0.1, 0.15) is 24.2 Å². The van der Waals surface area contributed by atoms with Crippen molar-refractivity contribution >= 4 is 11.4 Å². The van der Waals surface area contributed by atoms with Crippen LogP contribution >= 0.6 is 0 Å². The zero-order valence-electron chi connectivity index (χ0n) is 13.7. The third kappa shape index (κ3) is 2.61. The highest BCUT2D eigenvalue weighted by Crippen LogP contribution is 2.36. The summed E-state index contributed by atoms with van der Waals surface area (Å²) >= 11 is 0. The molecule has 0 radical (unpaired) electrons. The highest BCUT2D eigenvalue weighted by atomic mass is 15.3. The lowest BCUT2D eigenvalue weighted by atomic mass is 10.0. The van der Waals surface area contributed by atoms with E-state index in [-0.39, 0.29) is 12.2 Å². The van der Waals surface area contributed by atoms with Gasteiger partial charge in [0.1, 0.15) is 6.17 Å². The minimum absolute atomic E-state index is 0.0128. The van der Waals surface area contributed by atoms with Crippen molar-refractivity contribution in [3.63, 3.8) is 0 Å². The minimum Gasteiger partial charge on any atom is -0.337 e. The molecule has 0 aliphatic carbocycles. The van der Waals surface area contributed by atoms with E-state index in [1.807, 2.05) is 6.07 Å². The summed E-state index contributed by atoms with van der Waals surface area (Å²) in [7, 11) is 0. The van der Waals surface area contributed by atoms with Crippen molar-refractivity contribution < 1.29 is 0 Å². The summed E-state index contributed by atoms with van der Waals surface area (Å²) in [5, 5.41) is 0. The summed E-state index contributed by atoms with van der Waals surface area (Å²) in [5.74, 6) is 0. The van der Waals surface area contributed by atoms with Crippen LogP contribution in [0.25, 0.3) is 0 Å². The molecule has 2 heteroatoms. The lowest BCUT2D eigenvalue weighted by molar-refractivity contribution is 0.675. The van der Waals surface area contributed by atoms with Crippen LogP contribution in [0.4, 0.5) is 5.69 Å². The van der Waals surface area contributed by atoms with Crippen LogP contribution < -0.4 is 4.90 Å². The fourth-order valence-corrected chi connectivity index (χ4v) is 3.40. The van der Waals surface area contributed by atoms with E-state index in [0.717, 1.165) is 5.71 Å². The molecule has 2 nitrogen and oxygen atoms in total. The largest absolute Gasteiger partial charge is 0.337 e. The normalized spacial score (nSPS) is 20.0. The van der Waals surface area contributed by atoms with E-state index in [1.165, 1.54) is 16.8 Å². The van der Waals surface area contributed by atoms with E-state index in [9.17, 15) is 0 Å². The molecule has 2 atom stereocenters. The van der Waals surface area contributed by atoms with Gasteiger partial charge in [0.2, 0.25) is 0 Å². The van der Waals surface area contributed by atoms with Gasteiger partial charge in [-0.15, -0.1) is 0 Å². The Morgan fingerprint density at radius 3 is 1.88 bits per heavy atom. The second kappa shape index (κ2) is 6.32. The molecule has 0 fully saturated rings. The first-order chi connectivity index (χ1) is 11.8. The molecule has 0 bridgehead atoms. The van der Waals surface area contributed by atoms with Crippen LogP contribution in [0.2, 0.25) is 0 Å². The van der Waals surface area contributed by atoms with Gasteiger partial charge >= 0.3 is 0 Å². The molecule has 0 amide bonds. The Hall–Kier alpha value is -2.87. The van der Waals surface area contributed by atoms with E-state index in [4.69, 9.17) is 4.99 Å². The van der Waals surface area contributed by atoms with Gasteiger partial charge in [-0.05, 0) is 30.2 Å². The van der Waals surface area contributed by atoms with Crippen LogP contribution in [0.15, 0.2) is 96.0 Å². The summed E-state index contributed by atoms with van der Waals surface area (Å²) < 4.78 is 0. The third-order valence-corrected chi connectivity index (χ3v) is 4.56.